The number of hydrogen-bond acceptors (Lipinski definition) is 3. The number of hydrogen-bond donors (Lipinski definition) is 1. The first kappa shape index (κ1) is 25.8. The first-order valence-electron chi connectivity index (χ1n) is 12.3. The largest absolute Gasteiger partial charge is 0.456 e. The predicted octanol–water partition coefficient (Wildman–Crippen LogP) is 6.25. The van der Waals surface area contributed by atoms with Crippen molar-refractivity contribution in [3.8, 4) is 0 Å². The zero-order valence-electron chi connectivity index (χ0n) is 20.1. The van der Waals surface area contributed by atoms with E-state index in [9.17, 15) is 36.1 Å². The van der Waals surface area contributed by atoms with Crippen LogP contribution in [-0.2, 0) is 15.6 Å². The van der Waals surface area contributed by atoms with Crippen LogP contribution in [0, 0.1) is 17.3 Å². The minimum atomic E-state index is -5.87. The lowest BCUT2D eigenvalue weighted by molar-refractivity contribution is -0.362. The van der Waals surface area contributed by atoms with E-state index in [1.165, 1.54) is 13.2 Å². The summed E-state index contributed by atoms with van der Waals surface area (Å²) in [6.07, 6.45) is -1.31. The van der Waals surface area contributed by atoms with Crippen LogP contribution in [0.1, 0.15) is 63.4 Å². The summed E-state index contributed by atoms with van der Waals surface area (Å²) in [5.74, 6) is -6.49. The third kappa shape index (κ3) is 3.51. The molecule has 4 aliphatic carbocycles. The maximum atomic E-state index is 15.0. The van der Waals surface area contributed by atoms with E-state index >= 15 is 0 Å². The van der Waals surface area contributed by atoms with E-state index in [0.29, 0.717) is 30.6 Å². The zero-order valence-corrected chi connectivity index (χ0v) is 20.9. The monoisotopic (exact) mass is 528 g/mol. The van der Waals surface area contributed by atoms with Gasteiger partial charge in [0.15, 0.2) is 5.78 Å². The van der Waals surface area contributed by atoms with Crippen molar-refractivity contribution in [3.63, 3.8) is 0 Å². The van der Waals surface area contributed by atoms with Crippen molar-refractivity contribution in [2.45, 2.75) is 80.4 Å². The number of fused-ring (bicyclic) bond motifs is 4. The lowest BCUT2D eigenvalue weighted by Gasteiger charge is -2.56. The van der Waals surface area contributed by atoms with Gasteiger partial charge in [0.2, 0.25) is 0 Å². The Morgan fingerprint density at radius 1 is 1.03 bits per heavy atom. The van der Waals surface area contributed by atoms with E-state index < -0.39 is 52.2 Å². The second kappa shape index (κ2) is 8.32. The quantitative estimate of drug-likeness (QED) is 0.472. The molecule has 4 aliphatic rings. The van der Waals surface area contributed by atoms with Gasteiger partial charge in [0.1, 0.15) is 5.60 Å². The van der Waals surface area contributed by atoms with Gasteiger partial charge in [-0.15, -0.1) is 0 Å². The normalized spacial score (nSPS) is 35.6. The molecule has 0 aliphatic heterocycles. The van der Waals surface area contributed by atoms with E-state index in [0.717, 1.165) is 22.3 Å². The summed E-state index contributed by atoms with van der Waals surface area (Å²) >= 11 is 0. The number of halogens is 5. The van der Waals surface area contributed by atoms with Crippen LogP contribution in [0.5, 0.6) is 0 Å². The molecule has 0 saturated heterocycles. The Balaban J connectivity index is 1.69. The van der Waals surface area contributed by atoms with Crippen LogP contribution in [0.3, 0.4) is 0 Å². The highest BCUT2D eigenvalue weighted by Crippen LogP contribution is 2.70. The number of alkyl halides is 5. The average Bonchev–Trinajstić information content (AvgIpc) is 3.09. The molecule has 2 fully saturated rings. The van der Waals surface area contributed by atoms with Gasteiger partial charge in [0.05, 0.1) is 0 Å². The van der Waals surface area contributed by atoms with Crippen molar-refractivity contribution in [1.82, 2.24) is 0 Å². The highest BCUT2D eigenvalue weighted by atomic mass is 32.2. The topological polar surface area (TPSA) is 54.4 Å². The maximum absolute atomic E-state index is 15.0. The Hall–Kier alpha value is -1.87. The molecule has 0 radical (unpaired) electrons. The highest BCUT2D eigenvalue weighted by Gasteiger charge is 2.79. The molecule has 1 aromatic carbocycles. The molecule has 3 nitrogen and oxygen atoms in total. The molecular formula is C27H29F5O3S. The van der Waals surface area contributed by atoms with E-state index in [1.54, 1.807) is 30.3 Å². The van der Waals surface area contributed by atoms with Crippen LogP contribution in [0.15, 0.2) is 52.0 Å². The van der Waals surface area contributed by atoms with Gasteiger partial charge in [-0.1, -0.05) is 24.6 Å². The molecule has 6 atom stereocenters. The van der Waals surface area contributed by atoms with Gasteiger partial charge in [-0.25, -0.2) is 0 Å². The Morgan fingerprint density at radius 2 is 1.69 bits per heavy atom. The van der Waals surface area contributed by atoms with Gasteiger partial charge in [-0.2, -0.15) is 22.0 Å². The second-order valence-electron chi connectivity index (χ2n) is 11.0. The Labute approximate surface area is 209 Å². The fourth-order valence-corrected chi connectivity index (χ4v) is 8.13. The van der Waals surface area contributed by atoms with Gasteiger partial charge in [-0.3, -0.25) is 9.00 Å². The van der Waals surface area contributed by atoms with E-state index in [1.807, 2.05) is 0 Å². The minimum absolute atomic E-state index is 0.0415. The van der Waals surface area contributed by atoms with E-state index in [4.69, 9.17) is 0 Å². The molecular weight excluding hydrogens is 499 g/mol. The van der Waals surface area contributed by atoms with Crippen molar-refractivity contribution in [3.05, 3.63) is 52.6 Å². The smallest absolute Gasteiger partial charge is 0.383 e. The van der Waals surface area contributed by atoms with Gasteiger partial charge < -0.3 is 5.11 Å². The number of rotatable bonds is 3. The fraction of sp³-hybridized carbons (Fsp3) is 0.593. The van der Waals surface area contributed by atoms with Crippen molar-refractivity contribution in [1.29, 1.82) is 0 Å². The average molecular weight is 529 g/mol. The zero-order chi connectivity index (χ0) is 26.3. The number of carbonyl (C=O) groups excluding carboxylic acids is 1. The summed E-state index contributed by atoms with van der Waals surface area (Å²) < 4.78 is 82.7. The standard InChI is InChI=1S/C27H29F5O3S/c1-24-14-21(15-3-7-18(8-4-15)36(2)35)23-19-10-6-17(33)13-16(19)5-9-20(23)22(24)11-12-25(24,34)26(28,29)27(30,31)32/h3-4,7-8,13,20-22,34H,5-6,9-12,14H2,1-2H3/t20-,21?,22-,24-,25?,36?/m0/s1. The van der Waals surface area contributed by atoms with Crippen molar-refractivity contribution in [2.24, 2.45) is 17.3 Å². The molecule has 5 rings (SSSR count). The molecule has 2 saturated carbocycles. The van der Waals surface area contributed by atoms with Gasteiger partial charge in [0, 0.05) is 39.7 Å². The summed E-state index contributed by atoms with van der Waals surface area (Å²) in [6, 6.07) is 6.90. The van der Waals surface area contributed by atoms with Crippen LogP contribution in [0.25, 0.3) is 0 Å². The number of aliphatic hydroxyl groups is 1. The third-order valence-electron chi connectivity index (χ3n) is 9.38. The predicted molar refractivity (Wildman–Crippen MR) is 125 cm³/mol. The molecule has 196 valence electrons. The molecule has 9 heteroatoms. The second-order valence-corrected chi connectivity index (χ2v) is 12.4. The summed E-state index contributed by atoms with van der Waals surface area (Å²) in [7, 11) is -1.23. The van der Waals surface area contributed by atoms with E-state index in [2.05, 4.69) is 0 Å². The molecule has 0 aromatic heterocycles. The molecule has 1 aromatic rings. The SMILES string of the molecule is CS(=O)c1ccc(C2C[C@@]3(C)[C@@H](CCC3(O)C(F)(F)C(F)(F)F)[C@@H]3CCC4=CC(=O)CCC4=C23)cc1. The molecule has 0 spiro atoms. The summed E-state index contributed by atoms with van der Waals surface area (Å²) in [5, 5.41) is 11.3. The van der Waals surface area contributed by atoms with Gasteiger partial charge in [-0.05, 0) is 85.3 Å². The fourth-order valence-electron chi connectivity index (χ4n) is 7.61. The highest BCUT2D eigenvalue weighted by molar-refractivity contribution is 7.84. The summed E-state index contributed by atoms with van der Waals surface area (Å²) in [4.78, 5) is 12.7. The lowest BCUT2D eigenvalue weighted by atomic mass is 9.50. The third-order valence-corrected chi connectivity index (χ3v) is 10.3. The van der Waals surface area contributed by atoms with Crippen LogP contribution in [0.4, 0.5) is 22.0 Å². The lowest BCUT2D eigenvalue weighted by Crippen LogP contribution is -2.65. The molecule has 36 heavy (non-hydrogen) atoms. The molecule has 0 heterocycles. The van der Waals surface area contributed by atoms with E-state index in [-0.39, 0.29) is 24.5 Å². The summed E-state index contributed by atoms with van der Waals surface area (Å²) in [6.45, 7) is 1.41. The Bertz CT molecular complexity index is 1180. The number of ketones is 1. The van der Waals surface area contributed by atoms with Crippen LogP contribution < -0.4 is 0 Å². The Morgan fingerprint density at radius 3 is 2.31 bits per heavy atom. The van der Waals surface area contributed by atoms with Crippen molar-refractivity contribution < 1.29 is 36.1 Å². The number of carbonyl (C=O) groups is 1. The van der Waals surface area contributed by atoms with Gasteiger partial charge >= 0.3 is 12.1 Å². The van der Waals surface area contributed by atoms with Crippen molar-refractivity contribution >= 4 is 16.6 Å². The Kier molecular flexibility index (Phi) is 5.95. The molecule has 0 amide bonds. The van der Waals surface area contributed by atoms with Crippen LogP contribution in [0.2, 0.25) is 0 Å². The van der Waals surface area contributed by atoms with Gasteiger partial charge in [0.25, 0.3) is 0 Å². The first-order valence-corrected chi connectivity index (χ1v) is 13.8. The van der Waals surface area contributed by atoms with Crippen molar-refractivity contribution in [2.75, 3.05) is 6.26 Å². The molecule has 0 bridgehead atoms. The molecule has 3 unspecified atom stereocenters. The summed E-state index contributed by atoms with van der Waals surface area (Å²) in [5.41, 5.74) is -1.18. The minimum Gasteiger partial charge on any atom is -0.383 e. The molecule has 1 N–H and O–H groups in total. The van der Waals surface area contributed by atoms with Crippen LogP contribution in [-0.4, -0.2) is 39.1 Å². The number of allylic oxidation sites excluding steroid dienone is 4. The maximum Gasteiger partial charge on any atom is 0.456 e. The number of benzene rings is 1. The van der Waals surface area contributed by atoms with Crippen LogP contribution >= 0.6 is 0 Å². The first-order chi connectivity index (χ1) is 16.7.